The molecule has 3 N–H and O–H groups in total. The van der Waals surface area contributed by atoms with Crippen LogP contribution in [0.1, 0.15) is 12.0 Å². The number of hydrogen-bond donors (Lipinski definition) is 3. The molecule has 1 aliphatic heterocycles. The van der Waals surface area contributed by atoms with Gasteiger partial charge >= 0.3 is 11.9 Å². The van der Waals surface area contributed by atoms with Gasteiger partial charge in [0.05, 0.1) is 13.4 Å². The molecule has 1 aromatic carbocycles. The quantitative estimate of drug-likeness (QED) is 0.196. The molecule has 31 heavy (non-hydrogen) atoms. The average Bonchev–Trinajstić information content (AvgIpc) is 3.00. The van der Waals surface area contributed by atoms with Crippen molar-refractivity contribution in [3.05, 3.63) is 49.0 Å². The highest BCUT2D eigenvalue weighted by Gasteiger charge is 2.46. The molecule has 1 aliphatic carbocycles. The van der Waals surface area contributed by atoms with E-state index in [0.29, 0.717) is 14.5 Å². The topological polar surface area (TPSA) is 155 Å². The van der Waals surface area contributed by atoms with Gasteiger partial charge in [-0.05, 0) is 71.6 Å². The molecule has 0 bridgehead atoms. The highest BCUT2D eigenvalue weighted by atomic mass is 79.9. The minimum absolute atomic E-state index is 0.0890. The lowest BCUT2D eigenvalue weighted by atomic mass is 9.92. The van der Waals surface area contributed by atoms with Gasteiger partial charge in [0.25, 0.3) is 0 Å². The van der Waals surface area contributed by atoms with Crippen molar-refractivity contribution in [2.75, 3.05) is 0 Å². The maximum absolute atomic E-state index is 12.6. The van der Waals surface area contributed by atoms with Crippen molar-refractivity contribution in [2.45, 2.75) is 18.4 Å². The molecular weight excluding hydrogens is 612 g/mol. The zero-order chi connectivity index (χ0) is 22.9. The summed E-state index contributed by atoms with van der Waals surface area (Å²) in [6, 6.07) is 3.07. The third-order valence-corrected chi connectivity index (χ3v) is 6.05. The summed E-state index contributed by atoms with van der Waals surface area (Å²) in [4.78, 5) is 35.5. The summed E-state index contributed by atoms with van der Waals surface area (Å²) >= 11 is 9.75. The van der Waals surface area contributed by atoms with Crippen molar-refractivity contribution in [3.8, 4) is 5.75 Å². The highest BCUT2D eigenvalue weighted by Crippen LogP contribution is 2.40. The van der Waals surface area contributed by atoms with Crippen molar-refractivity contribution >= 4 is 76.9 Å². The van der Waals surface area contributed by atoms with Crippen LogP contribution < -0.4 is 4.74 Å². The number of hydrogen-bond acceptors (Lipinski definition) is 9. The smallest absolute Gasteiger partial charge is 0.357 e. The molecule has 0 amide bonds. The number of rotatable bonds is 5. The third-order valence-electron chi connectivity index (χ3n) is 4.28. The van der Waals surface area contributed by atoms with Crippen LogP contribution in [0.2, 0.25) is 0 Å². The molecule has 0 radical (unpaired) electrons. The number of carbonyl (C=O) groups excluding carboxylic acids is 2. The Bertz CT molecular complexity index is 1100. The molecule has 0 saturated carbocycles. The highest BCUT2D eigenvalue weighted by molar-refractivity contribution is 9.12. The van der Waals surface area contributed by atoms with E-state index in [1.165, 1.54) is 24.3 Å². The molecule has 10 nitrogen and oxygen atoms in total. The fourth-order valence-electron chi connectivity index (χ4n) is 2.91. The number of carboxylic acids is 1. The SMILES string of the molecule is O=C1C(Br)=CC2(C=C1Oc1c(Br)cc(C/C(=N/O)C(=O)O)cc1Br)C/C(=N\O)C(=O)O2. The minimum atomic E-state index is -1.37. The molecule has 2 aliphatic rings. The number of benzene rings is 1. The number of ether oxygens (including phenoxy) is 2. The Morgan fingerprint density at radius 3 is 2.32 bits per heavy atom. The first-order valence-corrected chi connectivity index (χ1v) is 10.7. The van der Waals surface area contributed by atoms with E-state index < -0.39 is 29.0 Å². The van der Waals surface area contributed by atoms with Gasteiger partial charge < -0.3 is 25.0 Å². The van der Waals surface area contributed by atoms with Crippen LogP contribution in [0.25, 0.3) is 0 Å². The fraction of sp³-hybridized carbons (Fsp3) is 0.167. The summed E-state index contributed by atoms with van der Waals surface area (Å²) in [6.45, 7) is 0. The molecule has 1 heterocycles. The third kappa shape index (κ3) is 4.72. The van der Waals surface area contributed by atoms with Crippen LogP contribution in [0.3, 0.4) is 0 Å². The van der Waals surface area contributed by atoms with E-state index in [1.807, 2.05) is 0 Å². The number of oxime groups is 2. The summed E-state index contributed by atoms with van der Waals surface area (Å²) in [7, 11) is 0. The molecule has 162 valence electrons. The molecule has 0 aromatic heterocycles. The second-order valence-electron chi connectivity index (χ2n) is 6.42. The molecule has 3 rings (SSSR count). The van der Waals surface area contributed by atoms with Crippen LogP contribution in [0, 0.1) is 0 Å². The van der Waals surface area contributed by atoms with E-state index in [0.717, 1.165) is 0 Å². The average molecular weight is 623 g/mol. The number of ketones is 1. The number of carboxylic acid groups (broad SMARTS) is 1. The van der Waals surface area contributed by atoms with Gasteiger partial charge in [0.1, 0.15) is 0 Å². The predicted octanol–water partition coefficient (Wildman–Crippen LogP) is 3.31. The van der Waals surface area contributed by atoms with Gasteiger partial charge in [0.2, 0.25) is 5.78 Å². The lowest BCUT2D eigenvalue weighted by molar-refractivity contribution is -0.139. The number of nitrogens with zero attached hydrogens (tertiary/aromatic N) is 2. The number of halogens is 3. The zero-order valence-corrected chi connectivity index (χ0v) is 19.9. The van der Waals surface area contributed by atoms with Gasteiger partial charge in [0, 0.05) is 18.9 Å². The van der Waals surface area contributed by atoms with Crippen molar-refractivity contribution < 1.29 is 39.4 Å². The molecule has 1 spiro atoms. The van der Waals surface area contributed by atoms with E-state index in [2.05, 4.69) is 58.1 Å². The van der Waals surface area contributed by atoms with E-state index in [9.17, 15) is 14.4 Å². The first kappa shape index (κ1) is 23.2. The Kier molecular flexibility index (Phi) is 6.67. The lowest BCUT2D eigenvalue weighted by Crippen LogP contribution is -2.30. The normalized spacial score (nSPS) is 22.4. The Morgan fingerprint density at radius 2 is 1.81 bits per heavy atom. The predicted molar refractivity (Wildman–Crippen MR) is 116 cm³/mol. The summed E-state index contributed by atoms with van der Waals surface area (Å²) < 4.78 is 11.9. The van der Waals surface area contributed by atoms with Crippen LogP contribution in [0.5, 0.6) is 5.75 Å². The number of esters is 1. The Hall–Kier alpha value is -2.51. The minimum Gasteiger partial charge on any atom is -0.477 e. The van der Waals surface area contributed by atoms with Gasteiger partial charge in [-0.1, -0.05) is 10.3 Å². The number of carbonyl (C=O) groups is 3. The maximum Gasteiger partial charge on any atom is 0.357 e. The van der Waals surface area contributed by atoms with Gasteiger partial charge in [-0.25, -0.2) is 9.59 Å². The van der Waals surface area contributed by atoms with E-state index in [-0.39, 0.29) is 34.5 Å². The zero-order valence-electron chi connectivity index (χ0n) is 15.1. The molecule has 1 unspecified atom stereocenters. The van der Waals surface area contributed by atoms with Crippen LogP contribution in [-0.4, -0.2) is 50.3 Å². The summed E-state index contributed by atoms with van der Waals surface area (Å²) in [5, 5.41) is 32.4. The fourth-order valence-corrected chi connectivity index (χ4v) is 4.94. The second-order valence-corrected chi connectivity index (χ2v) is 8.98. The molecule has 1 atom stereocenters. The van der Waals surface area contributed by atoms with Gasteiger partial charge in [-0.3, -0.25) is 4.79 Å². The van der Waals surface area contributed by atoms with Gasteiger partial charge in [0.15, 0.2) is 28.5 Å². The monoisotopic (exact) mass is 620 g/mol. The largest absolute Gasteiger partial charge is 0.477 e. The van der Waals surface area contributed by atoms with Crippen LogP contribution >= 0.6 is 47.8 Å². The lowest BCUT2D eigenvalue weighted by Gasteiger charge is -2.25. The summed E-state index contributed by atoms with van der Waals surface area (Å²) in [6.07, 6.45) is 2.43. The Balaban J connectivity index is 1.93. The van der Waals surface area contributed by atoms with Crippen molar-refractivity contribution in [1.82, 2.24) is 0 Å². The molecule has 1 fully saturated rings. The standard InChI is InChI=1S/C18H11Br3N2O8/c19-8-1-7(3-11(22-28)16(25)26)2-9(20)15(8)30-13-6-18(4-10(21)14(13)24)5-12(23-29)17(27)31-18/h1-2,4,6,28-29H,3,5H2,(H,25,26)/b22-11-,23-12+. The van der Waals surface area contributed by atoms with Crippen molar-refractivity contribution in [2.24, 2.45) is 10.3 Å². The molecule has 1 aromatic rings. The molecule has 13 heteroatoms. The molecule has 1 saturated heterocycles. The second kappa shape index (κ2) is 8.93. The van der Waals surface area contributed by atoms with Gasteiger partial charge in [-0.2, -0.15) is 0 Å². The molecular formula is C18H11Br3N2O8. The summed E-state index contributed by atoms with van der Waals surface area (Å²) in [5.41, 5.74) is -1.53. The number of aliphatic carboxylic acids is 1. The first-order valence-electron chi connectivity index (χ1n) is 8.29. The van der Waals surface area contributed by atoms with Crippen LogP contribution in [-0.2, 0) is 25.5 Å². The van der Waals surface area contributed by atoms with Crippen LogP contribution in [0.15, 0.2) is 53.8 Å². The van der Waals surface area contributed by atoms with E-state index in [1.54, 1.807) is 0 Å². The Morgan fingerprint density at radius 1 is 1.16 bits per heavy atom. The maximum atomic E-state index is 12.6. The van der Waals surface area contributed by atoms with E-state index >= 15 is 0 Å². The van der Waals surface area contributed by atoms with Gasteiger partial charge in [-0.15, -0.1) is 0 Å². The number of allylic oxidation sites excluding steroid dienone is 1. The first-order chi connectivity index (χ1) is 14.6. The number of Topliss-reactive ketones (excluding diaryl/α,β-unsaturated/α-hetero) is 1. The van der Waals surface area contributed by atoms with Crippen molar-refractivity contribution in [1.29, 1.82) is 0 Å². The van der Waals surface area contributed by atoms with Crippen molar-refractivity contribution in [3.63, 3.8) is 0 Å². The summed E-state index contributed by atoms with van der Waals surface area (Å²) in [5.74, 6) is -2.67. The Labute approximate surface area is 199 Å². The van der Waals surface area contributed by atoms with Crippen LogP contribution in [0.4, 0.5) is 0 Å². The van der Waals surface area contributed by atoms with E-state index in [4.69, 9.17) is 25.0 Å².